The van der Waals surface area contributed by atoms with Crippen LogP contribution < -0.4 is 5.32 Å². The van der Waals surface area contributed by atoms with Crippen LogP contribution in [0.1, 0.15) is 26.3 Å². The molecule has 2 rings (SSSR count). The Labute approximate surface area is 123 Å². The van der Waals surface area contributed by atoms with E-state index in [9.17, 15) is 4.79 Å². The van der Waals surface area contributed by atoms with Crippen LogP contribution in [-0.2, 0) is 9.53 Å². The molecule has 0 saturated heterocycles. The Morgan fingerprint density at radius 3 is 2.71 bits per heavy atom. The van der Waals surface area contributed by atoms with Gasteiger partial charge in [-0.25, -0.2) is 4.68 Å². The van der Waals surface area contributed by atoms with Gasteiger partial charge in [0.1, 0.15) is 12.9 Å². The van der Waals surface area contributed by atoms with Crippen molar-refractivity contribution in [2.45, 2.75) is 33.3 Å². The molecule has 1 heterocycles. The van der Waals surface area contributed by atoms with Crippen molar-refractivity contribution in [2.24, 2.45) is 0 Å². The fourth-order valence-electron chi connectivity index (χ4n) is 1.74. The van der Waals surface area contributed by atoms with Crippen molar-refractivity contribution in [3.05, 3.63) is 30.1 Å². The number of aromatic nitrogens is 4. The van der Waals surface area contributed by atoms with Crippen molar-refractivity contribution in [1.82, 2.24) is 20.2 Å². The quantitative estimate of drug-likeness (QED) is 0.926. The number of ether oxygens (including phenoxy) is 1. The lowest BCUT2D eigenvalue weighted by Crippen LogP contribution is -2.27. The van der Waals surface area contributed by atoms with E-state index < -0.39 is 0 Å². The minimum atomic E-state index is -0.336. The second kappa shape index (κ2) is 6.01. The van der Waals surface area contributed by atoms with E-state index in [1.165, 1.54) is 6.33 Å². The normalized spacial score (nSPS) is 11.4. The number of amides is 1. The molecule has 112 valence electrons. The molecule has 0 bridgehead atoms. The van der Waals surface area contributed by atoms with Crippen LogP contribution in [0.3, 0.4) is 0 Å². The number of nitrogens with one attached hydrogen (secondary N) is 1. The van der Waals surface area contributed by atoms with Crippen LogP contribution in [0, 0.1) is 6.92 Å². The van der Waals surface area contributed by atoms with Crippen LogP contribution in [0.5, 0.6) is 0 Å². The highest BCUT2D eigenvalue weighted by atomic mass is 16.5. The Morgan fingerprint density at radius 2 is 2.14 bits per heavy atom. The van der Waals surface area contributed by atoms with Gasteiger partial charge in [-0.05, 0) is 61.9 Å². The molecule has 0 spiro atoms. The molecule has 0 aliphatic rings. The number of nitrogens with zero attached hydrogens (tertiary/aromatic N) is 4. The predicted octanol–water partition coefficient (Wildman–Crippen LogP) is 1.72. The van der Waals surface area contributed by atoms with E-state index in [-0.39, 0.29) is 18.1 Å². The Balaban J connectivity index is 2.02. The fourth-order valence-corrected chi connectivity index (χ4v) is 1.74. The van der Waals surface area contributed by atoms with Crippen LogP contribution in [0.2, 0.25) is 0 Å². The van der Waals surface area contributed by atoms with E-state index in [2.05, 4.69) is 20.8 Å². The summed E-state index contributed by atoms with van der Waals surface area (Å²) in [4.78, 5) is 11.8. The van der Waals surface area contributed by atoms with Gasteiger partial charge < -0.3 is 10.1 Å². The van der Waals surface area contributed by atoms with Crippen LogP contribution in [-0.4, -0.2) is 38.3 Å². The highest BCUT2D eigenvalue weighted by Gasteiger charge is 2.13. The molecular formula is C14H19N5O2. The average molecular weight is 289 g/mol. The highest BCUT2D eigenvalue weighted by molar-refractivity contribution is 5.91. The van der Waals surface area contributed by atoms with Crippen LogP contribution in [0.25, 0.3) is 5.69 Å². The van der Waals surface area contributed by atoms with E-state index in [0.29, 0.717) is 5.69 Å². The summed E-state index contributed by atoms with van der Waals surface area (Å²) in [5.41, 5.74) is 2.20. The smallest absolute Gasteiger partial charge is 0.250 e. The maximum Gasteiger partial charge on any atom is 0.250 e. The van der Waals surface area contributed by atoms with E-state index in [4.69, 9.17) is 4.74 Å². The number of carbonyl (C=O) groups is 1. The molecule has 0 aliphatic heterocycles. The largest absolute Gasteiger partial charge is 0.366 e. The maximum atomic E-state index is 11.8. The molecule has 7 heteroatoms. The summed E-state index contributed by atoms with van der Waals surface area (Å²) < 4.78 is 7.01. The van der Waals surface area contributed by atoms with Crippen molar-refractivity contribution in [3.63, 3.8) is 0 Å². The molecule has 0 saturated carbocycles. The van der Waals surface area contributed by atoms with Crippen molar-refractivity contribution in [1.29, 1.82) is 0 Å². The zero-order chi connectivity index (χ0) is 15.5. The molecule has 0 radical (unpaired) electrons. The maximum absolute atomic E-state index is 11.8. The third kappa shape index (κ3) is 4.35. The van der Waals surface area contributed by atoms with Gasteiger partial charge in [-0.15, -0.1) is 5.10 Å². The van der Waals surface area contributed by atoms with Gasteiger partial charge in [0.25, 0.3) is 0 Å². The third-order valence-corrected chi connectivity index (χ3v) is 2.71. The summed E-state index contributed by atoms with van der Waals surface area (Å²) in [6, 6.07) is 5.52. The Bertz CT molecular complexity index is 617. The number of carbonyl (C=O) groups excluding carboxylic acids is 1. The molecule has 0 atom stereocenters. The topological polar surface area (TPSA) is 81.9 Å². The van der Waals surface area contributed by atoms with Gasteiger partial charge in [0, 0.05) is 5.69 Å². The van der Waals surface area contributed by atoms with Crippen LogP contribution in [0.15, 0.2) is 24.5 Å². The van der Waals surface area contributed by atoms with E-state index in [1.54, 1.807) is 10.7 Å². The first kappa shape index (κ1) is 15.1. The summed E-state index contributed by atoms with van der Waals surface area (Å²) in [5.74, 6) is -0.181. The zero-order valence-electron chi connectivity index (χ0n) is 12.6. The average Bonchev–Trinajstić information content (AvgIpc) is 2.89. The van der Waals surface area contributed by atoms with Gasteiger partial charge in [0.05, 0.1) is 11.3 Å². The second-order valence-corrected chi connectivity index (χ2v) is 5.70. The van der Waals surface area contributed by atoms with Crippen molar-refractivity contribution in [3.8, 4) is 5.69 Å². The lowest BCUT2D eigenvalue weighted by molar-refractivity contribution is -0.125. The Morgan fingerprint density at radius 1 is 1.38 bits per heavy atom. The number of tetrazole rings is 1. The minimum Gasteiger partial charge on any atom is -0.366 e. The number of hydrogen-bond acceptors (Lipinski definition) is 5. The lowest BCUT2D eigenvalue weighted by Gasteiger charge is -2.19. The highest BCUT2D eigenvalue weighted by Crippen LogP contribution is 2.18. The monoisotopic (exact) mass is 289 g/mol. The van der Waals surface area contributed by atoms with Gasteiger partial charge in [-0.2, -0.15) is 0 Å². The molecule has 1 aromatic heterocycles. The summed E-state index contributed by atoms with van der Waals surface area (Å²) in [5, 5.41) is 13.9. The standard InChI is InChI=1S/C14H19N5O2/c1-10-7-11(16-13(20)8-21-14(2,3)4)5-6-12(10)19-9-15-17-18-19/h5-7,9H,8H2,1-4H3,(H,16,20). The number of rotatable bonds is 4. The van der Waals surface area contributed by atoms with Crippen LogP contribution in [0.4, 0.5) is 5.69 Å². The molecule has 1 aromatic carbocycles. The summed E-state index contributed by atoms with van der Waals surface area (Å²) in [6.45, 7) is 7.68. The van der Waals surface area contributed by atoms with Crippen molar-refractivity contribution < 1.29 is 9.53 Å². The first-order valence-corrected chi connectivity index (χ1v) is 6.63. The molecule has 2 aromatic rings. The Kier molecular flexibility index (Phi) is 4.32. The third-order valence-electron chi connectivity index (χ3n) is 2.71. The predicted molar refractivity (Wildman–Crippen MR) is 78.2 cm³/mol. The molecule has 7 nitrogen and oxygen atoms in total. The van der Waals surface area contributed by atoms with Crippen LogP contribution >= 0.6 is 0 Å². The van der Waals surface area contributed by atoms with Crippen molar-refractivity contribution >= 4 is 11.6 Å². The number of hydrogen-bond donors (Lipinski definition) is 1. The second-order valence-electron chi connectivity index (χ2n) is 5.70. The molecule has 0 aliphatic carbocycles. The molecule has 1 N–H and O–H groups in total. The van der Waals surface area contributed by atoms with Gasteiger partial charge in [-0.3, -0.25) is 4.79 Å². The van der Waals surface area contributed by atoms with E-state index in [0.717, 1.165) is 11.3 Å². The molecule has 1 amide bonds. The first-order chi connectivity index (χ1) is 9.85. The van der Waals surface area contributed by atoms with Gasteiger partial charge in [0.15, 0.2) is 0 Å². The van der Waals surface area contributed by atoms with E-state index >= 15 is 0 Å². The van der Waals surface area contributed by atoms with Gasteiger partial charge in [0.2, 0.25) is 5.91 Å². The SMILES string of the molecule is Cc1cc(NC(=O)COC(C)(C)C)ccc1-n1cnnn1. The number of anilines is 1. The number of aryl methyl sites for hydroxylation is 1. The van der Waals surface area contributed by atoms with Gasteiger partial charge in [-0.1, -0.05) is 0 Å². The first-order valence-electron chi connectivity index (χ1n) is 6.63. The molecular weight excluding hydrogens is 270 g/mol. The Hall–Kier alpha value is -2.28. The summed E-state index contributed by atoms with van der Waals surface area (Å²) in [7, 11) is 0. The molecule has 0 fully saturated rings. The summed E-state index contributed by atoms with van der Waals surface area (Å²) >= 11 is 0. The van der Waals surface area contributed by atoms with Crippen molar-refractivity contribution in [2.75, 3.05) is 11.9 Å². The molecule has 21 heavy (non-hydrogen) atoms. The van der Waals surface area contributed by atoms with Gasteiger partial charge >= 0.3 is 0 Å². The van der Waals surface area contributed by atoms with E-state index in [1.807, 2.05) is 39.8 Å². The number of benzene rings is 1. The summed E-state index contributed by atoms with van der Waals surface area (Å²) in [6.07, 6.45) is 1.53. The zero-order valence-corrected chi connectivity index (χ0v) is 12.6. The molecule has 0 unspecified atom stereocenters. The fraction of sp³-hybridized carbons (Fsp3) is 0.429. The lowest BCUT2D eigenvalue weighted by atomic mass is 10.2. The minimum absolute atomic E-state index is 0.0251.